The van der Waals surface area contributed by atoms with Crippen molar-refractivity contribution in [3.05, 3.63) is 53.3 Å². The Morgan fingerprint density at radius 3 is 2.47 bits per heavy atom. The van der Waals surface area contributed by atoms with E-state index in [-0.39, 0.29) is 10.8 Å². The summed E-state index contributed by atoms with van der Waals surface area (Å²) in [4.78, 5) is 0.253. The van der Waals surface area contributed by atoms with Gasteiger partial charge in [-0.25, -0.2) is 12.4 Å². The molecule has 1 aromatic carbocycles. The third-order valence-electron chi connectivity index (χ3n) is 3.14. The van der Waals surface area contributed by atoms with Crippen molar-refractivity contribution in [2.45, 2.75) is 10.8 Å². The number of nitrogens with zero attached hydrogens (tertiary/aromatic N) is 1. The number of rotatable bonds is 3. The molecule has 1 aliphatic rings. The zero-order valence-electron chi connectivity index (χ0n) is 9.99. The molecule has 1 aliphatic heterocycles. The van der Waals surface area contributed by atoms with Crippen molar-refractivity contribution in [2.75, 3.05) is 13.2 Å². The summed E-state index contributed by atoms with van der Waals surface area (Å²) in [5, 5.41) is 0.418. The van der Waals surface area contributed by atoms with Crippen LogP contribution >= 0.6 is 11.6 Å². The summed E-state index contributed by atoms with van der Waals surface area (Å²) in [6.07, 6.45) is 1.44. The zero-order chi connectivity index (χ0) is 13.5. The summed E-state index contributed by atoms with van der Waals surface area (Å²) in [6.45, 7) is 1.06. The SMILES string of the molecule is O=S(=O)(c1ccccc1)n1cc(Cl)cc1C1COC1. The Balaban J connectivity index is 2.11. The molecule has 0 saturated carbocycles. The quantitative estimate of drug-likeness (QED) is 0.874. The molecule has 1 saturated heterocycles. The summed E-state index contributed by atoms with van der Waals surface area (Å²) < 4.78 is 31.5. The first-order valence-corrected chi connectivity index (χ1v) is 7.67. The third-order valence-corrected chi connectivity index (χ3v) is 5.05. The molecule has 0 bridgehead atoms. The van der Waals surface area contributed by atoms with Crippen LogP contribution in [-0.4, -0.2) is 25.6 Å². The van der Waals surface area contributed by atoms with E-state index in [0.717, 1.165) is 0 Å². The van der Waals surface area contributed by atoms with E-state index >= 15 is 0 Å². The summed E-state index contributed by atoms with van der Waals surface area (Å²) in [5.41, 5.74) is 0.681. The van der Waals surface area contributed by atoms with Gasteiger partial charge in [-0.2, -0.15) is 0 Å². The molecule has 4 nitrogen and oxygen atoms in total. The first kappa shape index (κ1) is 12.7. The molecule has 2 heterocycles. The molecule has 2 aromatic rings. The van der Waals surface area contributed by atoms with Gasteiger partial charge in [-0.3, -0.25) is 0 Å². The first-order valence-electron chi connectivity index (χ1n) is 5.85. The van der Waals surface area contributed by atoms with Crippen molar-refractivity contribution in [2.24, 2.45) is 0 Å². The topological polar surface area (TPSA) is 48.3 Å². The molecule has 0 amide bonds. The minimum atomic E-state index is -3.59. The molecule has 3 rings (SSSR count). The highest BCUT2D eigenvalue weighted by molar-refractivity contribution is 7.90. The van der Waals surface area contributed by atoms with E-state index in [1.54, 1.807) is 36.4 Å². The van der Waals surface area contributed by atoms with Crippen LogP contribution in [0.5, 0.6) is 0 Å². The number of halogens is 1. The van der Waals surface area contributed by atoms with E-state index in [1.807, 2.05) is 0 Å². The zero-order valence-corrected chi connectivity index (χ0v) is 11.6. The lowest BCUT2D eigenvalue weighted by molar-refractivity contribution is 0.00646. The van der Waals surface area contributed by atoms with E-state index in [9.17, 15) is 8.42 Å². The predicted molar refractivity (Wildman–Crippen MR) is 72.0 cm³/mol. The van der Waals surface area contributed by atoms with Crippen molar-refractivity contribution < 1.29 is 13.2 Å². The Morgan fingerprint density at radius 2 is 1.89 bits per heavy atom. The maximum Gasteiger partial charge on any atom is 0.267 e. The summed E-state index contributed by atoms with van der Waals surface area (Å²) in [6, 6.07) is 10.0. The maximum atomic E-state index is 12.6. The van der Waals surface area contributed by atoms with Crippen LogP contribution in [0.2, 0.25) is 5.02 Å². The normalized spacial score (nSPS) is 16.3. The first-order chi connectivity index (χ1) is 9.09. The van der Waals surface area contributed by atoms with Crippen molar-refractivity contribution in [1.82, 2.24) is 3.97 Å². The molecule has 0 N–H and O–H groups in total. The van der Waals surface area contributed by atoms with Crippen molar-refractivity contribution in [1.29, 1.82) is 0 Å². The van der Waals surface area contributed by atoms with Gasteiger partial charge in [-0.1, -0.05) is 29.8 Å². The van der Waals surface area contributed by atoms with E-state index in [1.165, 1.54) is 10.2 Å². The molecule has 1 aromatic heterocycles. The van der Waals surface area contributed by atoms with Crippen LogP contribution in [0.1, 0.15) is 11.6 Å². The van der Waals surface area contributed by atoms with Crippen molar-refractivity contribution in [3.8, 4) is 0 Å². The van der Waals surface area contributed by atoms with Gasteiger partial charge in [0.1, 0.15) is 0 Å². The lowest BCUT2D eigenvalue weighted by Crippen LogP contribution is -2.29. The monoisotopic (exact) mass is 297 g/mol. The van der Waals surface area contributed by atoms with Crippen molar-refractivity contribution in [3.63, 3.8) is 0 Å². The maximum absolute atomic E-state index is 12.6. The van der Waals surface area contributed by atoms with Crippen LogP contribution in [0.4, 0.5) is 0 Å². The molecule has 6 heteroatoms. The molecule has 0 unspecified atom stereocenters. The molecule has 1 fully saturated rings. The van der Waals surface area contributed by atoms with Gasteiger partial charge >= 0.3 is 0 Å². The van der Waals surface area contributed by atoms with Crippen LogP contribution in [0.15, 0.2) is 47.5 Å². The van der Waals surface area contributed by atoms with Crippen LogP contribution in [0.3, 0.4) is 0 Å². The second-order valence-electron chi connectivity index (χ2n) is 4.43. The standard InChI is InChI=1S/C13H12ClNO3S/c14-11-6-13(10-8-18-9-10)15(7-11)19(16,17)12-4-2-1-3-5-12/h1-7,10H,8-9H2. The van der Waals surface area contributed by atoms with Gasteiger partial charge in [0.2, 0.25) is 0 Å². The fourth-order valence-corrected chi connectivity index (χ4v) is 3.77. The second kappa shape index (κ2) is 4.67. The summed E-state index contributed by atoms with van der Waals surface area (Å²) in [5.74, 6) is 0.0889. The predicted octanol–water partition coefficient (Wildman–Crippen LogP) is 2.49. The van der Waals surface area contributed by atoms with E-state index < -0.39 is 10.0 Å². The summed E-state index contributed by atoms with van der Waals surface area (Å²) >= 11 is 5.96. The molecule has 100 valence electrons. The number of ether oxygens (including phenoxy) is 1. The van der Waals surface area contributed by atoms with Crippen LogP contribution < -0.4 is 0 Å². The van der Waals surface area contributed by atoms with Crippen LogP contribution in [0, 0.1) is 0 Å². The molecule has 0 aliphatic carbocycles. The van der Waals surface area contributed by atoms with Crippen LogP contribution in [-0.2, 0) is 14.8 Å². The van der Waals surface area contributed by atoms with Crippen LogP contribution in [0.25, 0.3) is 0 Å². The summed E-state index contributed by atoms with van der Waals surface area (Å²) in [7, 11) is -3.59. The Hall–Kier alpha value is -1.30. The molecular formula is C13H12ClNO3S. The van der Waals surface area contributed by atoms with Gasteiger partial charge in [-0.15, -0.1) is 0 Å². The van der Waals surface area contributed by atoms with Gasteiger partial charge in [0.25, 0.3) is 10.0 Å². The Bertz CT molecular complexity index is 690. The molecule has 0 radical (unpaired) electrons. The fraction of sp³-hybridized carbons (Fsp3) is 0.231. The number of aromatic nitrogens is 1. The van der Waals surface area contributed by atoms with Gasteiger partial charge in [0.15, 0.2) is 0 Å². The largest absolute Gasteiger partial charge is 0.380 e. The number of hydrogen-bond donors (Lipinski definition) is 0. The molecule has 0 atom stereocenters. The third kappa shape index (κ3) is 2.18. The highest BCUT2D eigenvalue weighted by Crippen LogP contribution is 2.30. The number of hydrogen-bond acceptors (Lipinski definition) is 3. The molecular weight excluding hydrogens is 286 g/mol. The minimum absolute atomic E-state index is 0.0889. The van der Waals surface area contributed by atoms with E-state index in [4.69, 9.17) is 16.3 Å². The highest BCUT2D eigenvalue weighted by Gasteiger charge is 2.29. The van der Waals surface area contributed by atoms with Gasteiger partial charge < -0.3 is 4.74 Å². The molecule has 19 heavy (non-hydrogen) atoms. The molecule has 0 spiro atoms. The lowest BCUT2D eigenvalue weighted by Gasteiger charge is -2.27. The average Bonchev–Trinajstić information content (AvgIpc) is 2.71. The Morgan fingerprint density at radius 1 is 1.21 bits per heavy atom. The van der Waals surface area contributed by atoms with Crippen molar-refractivity contribution >= 4 is 21.6 Å². The Labute approximate surface area is 116 Å². The van der Waals surface area contributed by atoms with Gasteiger partial charge in [0, 0.05) is 17.8 Å². The van der Waals surface area contributed by atoms with E-state index in [2.05, 4.69) is 0 Å². The highest BCUT2D eigenvalue weighted by atomic mass is 35.5. The van der Waals surface area contributed by atoms with Gasteiger partial charge in [0.05, 0.1) is 23.1 Å². The van der Waals surface area contributed by atoms with Gasteiger partial charge in [-0.05, 0) is 18.2 Å². The fourth-order valence-electron chi connectivity index (χ4n) is 2.05. The second-order valence-corrected chi connectivity index (χ2v) is 6.68. The minimum Gasteiger partial charge on any atom is -0.380 e. The Kier molecular flexibility index (Phi) is 3.12. The van der Waals surface area contributed by atoms with E-state index in [0.29, 0.717) is 23.9 Å². The average molecular weight is 298 g/mol. The smallest absolute Gasteiger partial charge is 0.267 e. The lowest BCUT2D eigenvalue weighted by atomic mass is 10.1. The number of benzene rings is 1.